The van der Waals surface area contributed by atoms with Gasteiger partial charge in [-0.3, -0.25) is 19.2 Å². The third-order valence-electron chi connectivity index (χ3n) is 4.37. The number of nitrogens with two attached hydrogens (primary N) is 1. The summed E-state index contributed by atoms with van der Waals surface area (Å²) in [5.41, 5.74) is 0.636. The standard InChI is InChI=1S/C16H14FN5O2/c1-8-12(11-6-19-4-5-20-11)10(17)7-21-14(8)13(9-2-3-9)15(23)22(18)16(21)24/h4-7,9H,2-3,18H2,1H3. The molecule has 0 aromatic carbocycles. The average molecular weight is 327 g/mol. The van der Waals surface area contributed by atoms with Crippen LogP contribution in [-0.2, 0) is 0 Å². The Kier molecular flexibility index (Phi) is 3.02. The van der Waals surface area contributed by atoms with E-state index in [4.69, 9.17) is 5.84 Å². The summed E-state index contributed by atoms with van der Waals surface area (Å²) in [6.07, 6.45) is 7.15. The summed E-state index contributed by atoms with van der Waals surface area (Å²) in [6.45, 7) is 1.67. The maximum atomic E-state index is 14.7. The van der Waals surface area contributed by atoms with Crippen molar-refractivity contribution in [1.29, 1.82) is 0 Å². The SMILES string of the molecule is Cc1c(-c2cnccn2)c(F)cn2c(=O)n(N)c(=O)c(C3CC3)c12. The molecule has 4 rings (SSSR count). The predicted octanol–water partition coefficient (Wildman–Crippen LogP) is 0.957. The largest absolute Gasteiger partial charge is 0.354 e. The first-order valence-corrected chi connectivity index (χ1v) is 7.52. The minimum atomic E-state index is -0.771. The first-order valence-electron chi connectivity index (χ1n) is 7.52. The summed E-state index contributed by atoms with van der Waals surface area (Å²) in [5, 5.41) is 0. The minimum absolute atomic E-state index is 0.0433. The lowest BCUT2D eigenvalue weighted by atomic mass is 10.0. The molecule has 0 unspecified atom stereocenters. The number of aromatic nitrogens is 4. The van der Waals surface area contributed by atoms with Crippen molar-refractivity contribution in [2.24, 2.45) is 0 Å². The van der Waals surface area contributed by atoms with E-state index in [-0.39, 0.29) is 11.5 Å². The van der Waals surface area contributed by atoms with Crippen LogP contribution in [0.3, 0.4) is 0 Å². The topological polar surface area (TPSA) is 95.3 Å². The molecule has 1 aliphatic rings. The van der Waals surface area contributed by atoms with Crippen LogP contribution in [-0.4, -0.2) is 19.0 Å². The van der Waals surface area contributed by atoms with Gasteiger partial charge in [0, 0.05) is 23.5 Å². The van der Waals surface area contributed by atoms with Gasteiger partial charge in [0.05, 0.1) is 23.6 Å². The maximum absolute atomic E-state index is 14.7. The van der Waals surface area contributed by atoms with Crippen molar-refractivity contribution >= 4 is 5.52 Å². The predicted molar refractivity (Wildman–Crippen MR) is 85.8 cm³/mol. The van der Waals surface area contributed by atoms with Crippen LogP contribution >= 0.6 is 0 Å². The molecule has 2 N–H and O–H groups in total. The summed E-state index contributed by atoms with van der Waals surface area (Å²) in [7, 11) is 0. The number of rotatable bonds is 2. The molecule has 1 aliphatic carbocycles. The van der Waals surface area contributed by atoms with Gasteiger partial charge in [-0.1, -0.05) is 0 Å². The van der Waals surface area contributed by atoms with Crippen molar-refractivity contribution in [2.45, 2.75) is 25.7 Å². The van der Waals surface area contributed by atoms with Gasteiger partial charge < -0.3 is 5.84 Å². The molecule has 0 bridgehead atoms. The highest BCUT2D eigenvalue weighted by Crippen LogP contribution is 2.41. The molecule has 3 aromatic heterocycles. The third-order valence-corrected chi connectivity index (χ3v) is 4.37. The van der Waals surface area contributed by atoms with E-state index in [2.05, 4.69) is 9.97 Å². The van der Waals surface area contributed by atoms with Gasteiger partial charge in [0.25, 0.3) is 5.56 Å². The minimum Gasteiger partial charge on any atom is -0.332 e. The molecule has 0 radical (unpaired) electrons. The monoisotopic (exact) mass is 327 g/mol. The molecule has 0 amide bonds. The smallest absolute Gasteiger partial charge is 0.332 e. The summed E-state index contributed by atoms with van der Waals surface area (Å²) in [6, 6.07) is 0. The Hall–Kier alpha value is -3.03. The summed E-state index contributed by atoms with van der Waals surface area (Å²) in [4.78, 5) is 32.9. The van der Waals surface area contributed by atoms with Gasteiger partial charge in [0.15, 0.2) is 0 Å². The Morgan fingerprint density at radius 1 is 1.29 bits per heavy atom. The van der Waals surface area contributed by atoms with E-state index in [0.29, 0.717) is 27.0 Å². The Balaban J connectivity index is 2.20. The first kappa shape index (κ1) is 14.6. The van der Waals surface area contributed by atoms with Crippen LogP contribution in [0.2, 0.25) is 0 Å². The second-order valence-electron chi connectivity index (χ2n) is 5.93. The molecule has 1 fully saturated rings. The Morgan fingerprint density at radius 2 is 2.04 bits per heavy atom. The quantitative estimate of drug-likeness (QED) is 0.707. The molecule has 3 aromatic rings. The maximum Gasteiger partial charge on any atom is 0.354 e. The lowest BCUT2D eigenvalue weighted by molar-refractivity contribution is 0.615. The molecular weight excluding hydrogens is 313 g/mol. The van der Waals surface area contributed by atoms with E-state index < -0.39 is 17.1 Å². The van der Waals surface area contributed by atoms with E-state index in [1.807, 2.05) is 0 Å². The second kappa shape index (κ2) is 4.98. The van der Waals surface area contributed by atoms with Gasteiger partial charge in [0.1, 0.15) is 5.82 Å². The number of fused-ring (bicyclic) bond motifs is 1. The zero-order valence-corrected chi connectivity index (χ0v) is 12.9. The van der Waals surface area contributed by atoms with Gasteiger partial charge in [-0.05, 0) is 31.2 Å². The number of nitrogen functional groups attached to an aromatic ring is 1. The van der Waals surface area contributed by atoms with Crippen molar-refractivity contribution in [3.63, 3.8) is 0 Å². The average Bonchev–Trinajstić information content (AvgIpc) is 3.40. The molecule has 3 heterocycles. The van der Waals surface area contributed by atoms with Gasteiger partial charge >= 0.3 is 5.69 Å². The fourth-order valence-corrected chi connectivity index (χ4v) is 3.12. The lowest BCUT2D eigenvalue weighted by Gasteiger charge is -2.15. The van der Waals surface area contributed by atoms with Crippen LogP contribution in [0, 0.1) is 12.7 Å². The molecule has 0 aliphatic heterocycles. The van der Waals surface area contributed by atoms with E-state index in [1.54, 1.807) is 6.92 Å². The van der Waals surface area contributed by atoms with E-state index >= 15 is 0 Å². The fourth-order valence-electron chi connectivity index (χ4n) is 3.12. The molecule has 0 atom stereocenters. The Labute approximate surface area is 135 Å². The highest BCUT2D eigenvalue weighted by atomic mass is 19.1. The van der Waals surface area contributed by atoms with Gasteiger partial charge in [-0.25, -0.2) is 9.18 Å². The molecule has 122 valence electrons. The van der Waals surface area contributed by atoms with Crippen LogP contribution in [0.25, 0.3) is 16.8 Å². The Morgan fingerprint density at radius 3 is 2.67 bits per heavy atom. The molecule has 24 heavy (non-hydrogen) atoms. The molecule has 8 heteroatoms. The van der Waals surface area contributed by atoms with Crippen molar-refractivity contribution in [2.75, 3.05) is 5.84 Å². The van der Waals surface area contributed by atoms with Crippen molar-refractivity contribution < 1.29 is 4.39 Å². The number of hydrogen-bond acceptors (Lipinski definition) is 5. The summed E-state index contributed by atoms with van der Waals surface area (Å²) >= 11 is 0. The van der Waals surface area contributed by atoms with Crippen molar-refractivity contribution in [1.82, 2.24) is 19.0 Å². The number of hydrogen-bond donors (Lipinski definition) is 1. The Bertz CT molecular complexity index is 1080. The highest BCUT2D eigenvalue weighted by Gasteiger charge is 2.32. The summed E-state index contributed by atoms with van der Waals surface area (Å²) < 4.78 is 16.3. The van der Waals surface area contributed by atoms with Crippen LogP contribution < -0.4 is 17.1 Å². The van der Waals surface area contributed by atoms with E-state index in [9.17, 15) is 14.0 Å². The van der Waals surface area contributed by atoms with Crippen LogP contribution in [0.4, 0.5) is 4.39 Å². The highest BCUT2D eigenvalue weighted by molar-refractivity contribution is 5.75. The number of halogens is 1. The van der Waals surface area contributed by atoms with Crippen molar-refractivity contribution in [3.8, 4) is 11.3 Å². The first-order chi connectivity index (χ1) is 11.5. The molecule has 1 saturated carbocycles. The lowest BCUT2D eigenvalue weighted by Crippen LogP contribution is -2.44. The molecular formula is C16H14FN5O2. The van der Waals surface area contributed by atoms with E-state index in [1.165, 1.54) is 18.6 Å². The molecule has 0 spiro atoms. The van der Waals surface area contributed by atoms with Crippen LogP contribution in [0.5, 0.6) is 0 Å². The zero-order chi connectivity index (χ0) is 17.0. The van der Waals surface area contributed by atoms with Gasteiger partial charge in [-0.2, -0.15) is 4.68 Å². The van der Waals surface area contributed by atoms with Crippen LogP contribution in [0.15, 0.2) is 34.4 Å². The van der Waals surface area contributed by atoms with Gasteiger partial charge in [0.2, 0.25) is 0 Å². The van der Waals surface area contributed by atoms with E-state index in [0.717, 1.165) is 23.4 Å². The molecule has 7 nitrogen and oxygen atoms in total. The van der Waals surface area contributed by atoms with Crippen LogP contribution in [0.1, 0.15) is 29.9 Å². The summed E-state index contributed by atoms with van der Waals surface area (Å²) in [5.74, 6) is 5.01. The number of nitrogens with zero attached hydrogens (tertiary/aromatic N) is 4. The van der Waals surface area contributed by atoms with Crippen molar-refractivity contribution in [3.05, 3.63) is 62.6 Å². The molecule has 0 saturated heterocycles. The normalized spacial score (nSPS) is 14.2. The van der Waals surface area contributed by atoms with Gasteiger partial charge in [-0.15, -0.1) is 0 Å². The second-order valence-corrected chi connectivity index (χ2v) is 5.93. The zero-order valence-electron chi connectivity index (χ0n) is 12.9. The third kappa shape index (κ3) is 1.96. The number of aryl methyl sites for hydroxylation is 1. The fraction of sp³-hybridized carbons (Fsp3) is 0.250. The number of pyridine rings is 1.